The third-order valence-corrected chi connectivity index (χ3v) is 4.49. The minimum Gasteiger partial charge on any atom is -0.348 e. The molecule has 1 aliphatic heterocycles. The molecule has 3 heteroatoms. The van der Waals surface area contributed by atoms with Crippen molar-refractivity contribution >= 4 is 10.9 Å². The SMILES string of the molecule is Cc1c(C)n(C)c2ccc(CN3CCNCC3)cc12. The van der Waals surface area contributed by atoms with Crippen molar-refractivity contribution in [2.24, 2.45) is 7.05 Å². The third-order valence-electron chi connectivity index (χ3n) is 4.49. The average molecular weight is 257 g/mol. The van der Waals surface area contributed by atoms with Gasteiger partial charge >= 0.3 is 0 Å². The van der Waals surface area contributed by atoms with E-state index in [4.69, 9.17) is 0 Å². The van der Waals surface area contributed by atoms with E-state index in [1.54, 1.807) is 0 Å². The van der Waals surface area contributed by atoms with Crippen molar-refractivity contribution in [1.29, 1.82) is 0 Å². The second-order valence-electron chi connectivity index (χ2n) is 5.65. The van der Waals surface area contributed by atoms with Crippen LogP contribution in [0.5, 0.6) is 0 Å². The van der Waals surface area contributed by atoms with E-state index in [0.29, 0.717) is 0 Å². The first-order valence-electron chi connectivity index (χ1n) is 7.14. The lowest BCUT2D eigenvalue weighted by molar-refractivity contribution is 0.233. The Morgan fingerprint density at radius 1 is 1.16 bits per heavy atom. The van der Waals surface area contributed by atoms with Crippen LogP contribution in [-0.4, -0.2) is 35.6 Å². The molecule has 3 rings (SSSR count). The molecule has 1 N–H and O–H groups in total. The summed E-state index contributed by atoms with van der Waals surface area (Å²) in [6.45, 7) is 10.1. The van der Waals surface area contributed by atoms with Crippen molar-refractivity contribution in [2.75, 3.05) is 26.2 Å². The fraction of sp³-hybridized carbons (Fsp3) is 0.500. The Labute approximate surface area is 115 Å². The Kier molecular flexibility index (Phi) is 3.33. The van der Waals surface area contributed by atoms with Gasteiger partial charge in [-0.25, -0.2) is 0 Å². The van der Waals surface area contributed by atoms with Crippen LogP contribution in [0.2, 0.25) is 0 Å². The second-order valence-corrected chi connectivity index (χ2v) is 5.65. The monoisotopic (exact) mass is 257 g/mol. The first kappa shape index (κ1) is 12.7. The smallest absolute Gasteiger partial charge is 0.0482 e. The van der Waals surface area contributed by atoms with Gasteiger partial charge in [-0.3, -0.25) is 4.90 Å². The van der Waals surface area contributed by atoms with Crippen LogP contribution in [-0.2, 0) is 13.6 Å². The Balaban J connectivity index is 1.90. The standard InChI is InChI=1S/C16H23N3/c1-12-13(2)18(3)16-5-4-14(10-15(12)16)11-19-8-6-17-7-9-19/h4-5,10,17H,6-9,11H2,1-3H3. The summed E-state index contributed by atoms with van der Waals surface area (Å²) in [5.41, 5.74) is 5.57. The second kappa shape index (κ2) is 4.99. The topological polar surface area (TPSA) is 20.2 Å². The molecule has 0 saturated carbocycles. The van der Waals surface area contributed by atoms with Crippen LogP contribution in [0.15, 0.2) is 18.2 Å². The highest BCUT2D eigenvalue weighted by molar-refractivity contribution is 5.85. The van der Waals surface area contributed by atoms with Crippen molar-refractivity contribution in [3.8, 4) is 0 Å². The fourth-order valence-electron chi connectivity index (χ4n) is 3.03. The van der Waals surface area contributed by atoms with Crippen molar-refractivity contribution in [3.63, 3.8) is 0 Å². The molecule has 0 amide bonds. The van der Waals surface area contributed by atoms with Gasteiger partial charge in [0.25, 0.3) is 0 Å². The summed E-state index contributed by atoms with van der Waals surface area (Å²) in [5.74, 6) is 0. The number of piperazine rings is 1. The number of fused-ring (bicyclic) bond motifs is 1. The van der Waals surface area contributed by atoms with E-state index in [9.17, 15) is 0 Å². The molecule has 0 unspecified atom stereocenters. The lowest BCUT2D eigenvalue weighted by Crippen LogP contribution is -2.42. The summed E-state index contributed by atoms with van der Waals surface area (Å²) < 4.78 is 2.29. The van der Waals surface area contributed by atoms with Gasteiger partial charge in [0, 0.05) is 56.4 Å². The molecule has 0 radical (unpaired) electrons. The number of hydrogen-bond donors (Lipinski definition) is 1. The molecule has 102 valence electrons. The highest BCUT2D eigenvalue weighted by Gasteiger charge is 2.12. The zero-order valence-electron chi connectivity index (χ0n) is 12.2. The van der Waals surface area contributed by atoms with Crippen molar-refractivity contribution in [3.05, 3.63) is 35.0 Å². The van der Waals surface area contributed by atoms with Gasteiger partial charge in [0.1, 0.15) is 0 Å². The zero-order chi connectivity index (χ0) is 13.4. The summed E-state index contributed by atoms with van der Waals surface area (Å²) in [4.78, 5) is 2.53. The summed E-state index contributed by atoms with van der Waals surface area (Å²) in [7, 11) is 2.15. The summed E-state index contributed by atoms with van der Waals surface area (Å²) in [5, 5.41) is 4.81. The highest BCUT2D eigenvalue weighted by atomic mass is 15.2. The maximum atomic E-state index is 3.41. The van der Waals surface area contributed by atoms with E-state index in [1.165, 1.54) is 27.7 Å². The molecule has 2 heterocycles. The van der Waals surface area contributed by atoms with Crippen LogP contribution in [0.1, 0.15) is 16.8 Å². The molecule has 1 saturated heterocycles. The number of aryl methyl sites for hydroxylation is 2. The van der Waals surface area contributed by atoms with Gasteiger partial charge in [0.15, 0.2) is 0 Å². The lowest BCUT2D eigenvalue weighted by atomic mass is 10.1. The van der Waals surface area contributed by atoms with Gasteiger partial charge in [-0.05, 0) is 37.1 Å². The molecule has 0 atom stereocenters. The van der Waals surface area contributed by atoms with E-state index in [2.05, 4.69) is 53.9 Å². The Morgan fingerprint density at radius 2 is 1.89 bits per heavy atom. The van der Waals surface area contributed by atoms with Crippen molar-refractivity contribution < 1.29 is 0 Å². The minimum absolute atomic E-state index is 1.07. The number of rotatable bonds is 2. The lowest BCUT2D eigenvalue weighted by Gasteiger charge is -2.27. The molecule has 2 aromatic rings. The molecule has 1 aromatic carbocycles. The highest BCUT2D eigenvalue weighted by Crippen LogP contribution is 2.25. The number of hydrogen-bond acceptors (Lipinski definition) is 2. The van der Waals surface area contributed by atoms with Gasteiger partial charge in [-0.2, -0.15) is 0 Å². The molecular formula is C16H23N3. The Bertz CT molecular complexity index is 592. The molecule has 3 nitrogen and oxygen atoms in total. The number of nitrogens with zero attached hydrogens (tertiary/aromatic N) is 2. The third kappa shape index (κ3) is 2.28. The molecular weight excluding hydrogens is 234 g/mol. The summed E-state index contributed by atoms with van der Waals surface area (Å²) in [6, 6.07) is 6.93. The number of benzene rings is 1. The summed E-state index contributed by atoms with van der Waals surface area (Å²) >= 11 is 0. The number of nitrogens with one attached hydrogen (secondary N) is 1. The predicted octanol–water partition coefficient (Wildman–Crippen LogP) is 2.20. The first-order chi connectivity index (χ1) is 9.16. The maximum Gasteiger partial charge on any atom is 0.0482 e. The van der Waals surface area contributed by atoms with Crippen LogP contribution in [0, 0.1) is 13.8 Å². The van der Waals surface area contributed by atoms with Gasteiger partial charge < -0.3 is 9.88 Å². The van der Waals surface area contributed by atoms with Crippen LogP contribution in [0.4, 0.5) is 0 Å². The summed E-state index contributed by atoms with van der Waals surface area (Å²) in [6.07, 6.45) is 0. The van der Waals surface area contributed by atoms with E-state index in [-0.39, 0.29) is 0 Å². The predicted molar refractivity (Wildman–Crippen MR) is 80.5 cm³/mol. The van der Waals surface area contributed by atoms with Crippen LogP contribution in [0.25, 0.3) is 10.9 Å². The largest absolute Gasteiger partial charge is 0.348 e. The van der Waals surface area contributed by atoms with Crippen LogP contribution >= 0.6 is 0 Å². The minimum atomic E-state index is 1.07. The Hall–Kier alpha value is -1.32. The molecule has 0 bridgehead atoms. The van der Waals surface area contributed by atoms with Gasteiger partial charge in [0.05, 0.1) is 0 Å². The average Bonchev–Trinajstić information content (AvgIpc) is 2.65. The zero-order valence-corrected chi connectivity index (χ0v) is 12.2. The van der Waals surface area contributed by atoms with Gasteiger partial charge in [-0.1, -0.05) is 6.07 Å². The van der Waals surface area contributed by atoms with E-state index in [0.717, 1.165) is 32.7 Å². The molecule has 1 aliphatic rings. The quantitative estimate of drug-likeness (QED) is 0.890. The van der Waals surface area contributed by atoms with Crippen molar-refractivity contribution in [2.45, 2.75) is 20.4 Å². The van der Waals surface area contributed by atoms with Gasteiger partial charge in [-0.15, -0.1) is 0 Å². The van der Waals surface area contributed by atoms with Crippen LogP contribution in [0.3, 0.4) is 0 Å². The molecule has 0 aliphatic carbocycles. The van der Waals surface area contributed by atoms with Crippen LogP contribution < -0.4 is 5.32 Å². The first-order valence-corrected chi connectivity index (χ1v) is 7.14. The van der Waals surface area contributed by atoms with E-state index < -0.39 is 0 Å². The van der Waals surface area contributed by atoms with Gasteiger partial charge in [0.2, 0.25) is 0 Å². The van der Waals surface area contributed by atoms with E-state index >= 15 is 0 Å². The fourth-order valence-corrected chi connectivity index (χ4v) is 3.03. The maximum absolute atomic E-state index is 3.41. The molecule has 19 heavy (non-hydrogen) atoms. The molecule has 0 spiro atoms. The molecule has 1 fully saturated rings. The van der Waals surface area contributed by atoms with Crippen molar-refractivity contribution in [1.82, 2.24) is 14.8 Å². The Morgan fingerprint density at radius 3 is 2.63 bits per heavy atom. The normalized spacial score (nSPS) is 17.2. The number of aromatic nitrogens is 1. The molecule has 1 aromatic heterocycles. The van der Waals surface area contributed by atoms with E-state index in [1.807, 2.05) is 0 Å².